The zero-order valence-corrected chi connectivity index (χ0v) is 21.9. The summed E-state index contributed by atoms with van der Waals surface area (Å²) in [5, 5.41) is 5.79. The maximum atomic E-state index is 14.9. The molecule has 0 radical (unpaired) electrons. The minimum Gasteiger partial charge on any atom is -0.497 e. The van der Waals surface area contributed by atoms with Gasteiger partial charge in [-0.05, 0) is 36.4 Å². The molecule has 1 aliphatic heterocycles. The summed E-state index contributed by atoms with van der Waals surface area (Å²) < 4.78 is 44.6. The van der Waals surface area contributed by atoms with Crippen molar-refractivity contribution in [3.63, 3.8) is 0 Å². The molecule has 0 spiro atoms. The lowest BCUT2D eigenvalue weighted by Gasteiger charge is -2.27. The van der Waals surface area contributed by atoms with Gasteiger partial charge in [0.05, 0.1) is 32.6 Å². The molecule has 0 saturated heterocycles. The number of ether oxygens (including phenoxy) is 3. The average molecular weight is 538 g/mol. The van der Waals surface area contributed by atoms with Crippen LogP contribution in [0.15, 0.2) is 71.8 Å². The number of hydrazone groups is 1. The first kappa shape index (κ1) is 27.7. The van der Waals surface area contributed by atoms with Crippen molar-refractivity contribution in [3.05, 3.63) is 95.1 Å². The maximum Gasteiger partial charge on any atom is 0.262 e. The van der Waals surface area contributed by atoms with Gasteiger partial charge >= 0.3 is 0 Å². The quantitative estimate of drug-likeness (QED) is 0.382. The fourth-order valence-electron chi connectivity index (χ4n) is 4.42. The molecule has 10 heteroatoms. The first-order valence-corrected chi connectivity index (χ1v) is 12.3. The van der Waals surface area contributed by atoms with E-state index in [-0.39, 0.29) is 37.2 Å². The Bertz CT molecular complexity index is 1380. The minimum atomic E-state index is -0.756. The second-order valence-corrected chi connectivity index (χ2v) is 8.82. The Morgan fingerprint density at radius 3 is 2.49 bits per heavy atom. The highest BCUT2D eigenvalue weighted by molar-refractivity contribution is 6.05. The summed E-state index contributed by atoms with van der Waals surface area (Å²) in [6.45, 7) is -0.137. The van der Waals surface area contributed by atoms with Gasteiger partial charge < -0.3 is 19.1 Å². The van der Waals surface area contributed by atoms with E-state index in [1.54, 1.807) is 36.4 Å². The normalized spacial score (nSPS) is 14.6. The number of carbonyl (C=O) groups is 2. The molecule has 204 valence electrons. The van der Waals surface area contributed by atoms with Gasteiger partial charge in [-0.15, -0.1) is 0 Å². The Morgan fingerprint density at radius 2 is 1.79 bits per heavy atom. The monoisotopic (exact) mass is 537 g/mol. The highest BCUT2D eigenvalue weighted by Gasteiger charge is 2.36. The summed E-state index contributed by atoms with van der Waals surface area (Å²) >= 11 is 0. The molecule has 1 aliphatic rings. The zero-order chi connectivity index (χ0) is 27.9. The van der Waals surface area contributed by atoms with Crippen LogP contribution in [0.3, 0.4) is 0 Å². The van der Waals surface area contributed by atoms with Crippen LogP contribution in [0.4, 0.5) is 8.78 Å². The van der Waals surface area contributed by atoms with Gasteiger partial charge in [0.15, 0.2) is 0 Å². The second kappa shape index (κ2) is 12.5. The van der Waals surface area contributed by atoms with Crippen molar-refractivity contribution in [1.29, 1.82) is 0 Å². The number of carbonyl (C=O) groups excluding carboxylic acids is 2. The number of amides is 2. The third-order valence-corrected chi connectivity index (χ3v) is 6.40. The van der Waals surface area contributed by atoms with E-state index in [1.165, 1.54) is 55.5 Å². The lowest BCUT2D eigenvalue weighted by molar-refractivity contribution is -0.133. The number of nitrogens with zero attached hydrogens (tertiary/aromatic N) is 3. The molecule has 0 fully saturated rings. The van der Waals surface area contributed by atoms with Gasteiger partial charge in [-0.25, -0.2) is 13.8 Å². The van der Waals surface area contributed by atoms with Crippen molar-refractivity contribution in [2.24, 2.45) is 5.10 Å². The number of benzene rings is 3. The molecule has 8 nitrogen and oxygen atoms in total. The zero-order valence-electron chi connectivity index (χ0n) is 21.9. The summed E-state index contributed by atoms with van der Waals surface area (Å²) in [5.41, 5.74) is 1.52. The van der Waals surface area contributed by atoms with Crippen LogP contribution in [-0.4, -0.2) is 68.5 Å². The minimum absolute atomic E-state index is 0.0820. The van der Waals surface area contributed by atoms with E-state index in [1.807, 2.05) is 0 Å². The van der Waals surface area contributed by atoms with E-state index in [4.69, 9.17) is 14.2 Å². The van der Waals surface area contributed by atoms with Crippen molar-refractivity contribution in [3.8, 4) is 11.5 Å². The lowest BCUT2D eigenvalue weighted by atomic mass is 9.97. The van der Waals surface area contributed by atoms with Gasteiger partial charge in [-0.1, -0.05) is 24.3 Å². The lowest BCUT2D eigenvalue weighted by Crippen LogP contribution is -2.42. The van der Waals surface area contributed by atoms with Crippen molar-refractivity contribution in [2.75, 3.05) is 41.0 Å². The van der Waals surface area contributed by atoms with Crippen LogP contribution in [0.1, 0.15) is 33.9 Å². The van der Waals surface area contributed by atoms with Crippen LogP contribution in [0.2, 0.25) is 0 Å². The summed E-state index contributed by atoms with van der Waals surface area (Å²) in [6.07, 6.45) is 0.214. The molecule has 3 aromatic carbocycles. The highest BCUT2D eigenvalue weighted by Crippen LogP contribution is 2.37. The van der Waals surface area contributed by atoms with Crippen LogP contribution >= 0.6 is 0 Å². The van der Waals surface area contributed by atoms with Crippen molar-refractivity contribution >= 4 is 17.5 Å². The Morgan fingerprint density at radius 1 is 1.00 bits per heavy atom. The number of rotatable bonds is 10. The van der Waals surface area contributed by atoms with Gasteiger partial charge in [0.25, 0.3) is 11.8 Å². The van der Waals surface area contributed by atoms with Gasteiger partial charge in [0.1, 0.15) is 29.7 Å². The molecule has 39 heavy (non-hydrogen) atoms. The molecule has 2 amide bonds. The average Bonchev–Trinajstić information content (AvgIpc) is 3.39. The Kier molecular flexibility index (Phi) is 8.88. The van der Waals surface area contributed by atoms with E-state index in [9.17, 15) is 18.4 Å². The number of halogens is 2. The molecular formula is C29H29F2N3O5. The first-order valence-electron chi connectivity index (χ1n) is 12.3. The number of hydrogen-bond donors (Lipinski definition) is 0. The van der Waals surface area contributed by atoms with Gasteiger partial charge in [0.2, 0.25) is 0 Å². The highest BCUT2D eigenvalue weighted by atomic mass is 19.1. The SMILES string of the molecule is COCCN(CC(=O)N1N=C(c2ccc(OC)cc2OC)CC1c1ccccc1F)C(=O)c1cccc(F)c1. The van der Waals surface area contributed by atoms with E-state index in [2.05, 4.69) is 5.10 Å². The van der Waals surface area contributed by atoms with Gasteiger partial charge in [-0.3, -0.25) is 9.59 Å². The molecule has 4 rings (SSSR count). The predicted molar refractivity (Wildman–Crippen MR) is 141 cm³/mol. The van der Waals surface area contributed by atoms with E-state index in [0.717, 1.165) is 6.07 Å². The molecule has 0 bridgehead atoms. The van der Waals surface area contributed by atoms with Crippen LogP contribution in [-0.2, 0) is 9.53 Å². The molecule has 3 aromatic rings. The second-order valence-electron chi connectivity index (χ2n) is 8.82. The molecule has 0 N–H and O–H groups in total. The third-order valence-electron chi connectivity index (χ3n) is 6.40. The number of hydrogen-bond acceptors (Lipinski definition) is 6. The van der Waals surface area contributed by atoms with Crippen LogP contribution in [0.25, 0.3) is 0 Å². The molecule has 1 unspecified atom stereocenters. The molecule has 1 heterocycles. The van der Waals surface area contributed by atoms with E-state index < -0.39 is 29.5 Å². The Labute approximate surface area is 225 Å². The molecule has 0 aromatic heterocycles. The van der Waals surface area contributed by atoms with Crippen LogP contribution < -0.4 is 9.47 Å². The topological polar surface area (TPSA) is 80.7 Å². The largest absolute Gasteiger partial charge is 0.497 e. The molecule has 1 atom stereocenters. The third kappa shape index (κ3) is 6.23. The first-order chi connectivity index (χ1) is 18.9. The van der Waals surface area contributed by atoms with Crippen LogP contribution in [0, 0.1) is 11.6 Å². The fourth-order valence-corrected chi connectivity index (χ4v) is 4.42. The van der Waals surface area contributed by atoms with Crippen molar-refractivity contribution in [1.82, 2.24) is 9.91 Å². The standard InChI is InChI=1S/C29H29F2N3O5/c1-37-14-13-33(29(36)19-7-6-8-20(30)15-19)18-28(35)34-26(22-9-4-5-10-24(22)31)17-25(32-34)23-12-11-21(38-2)16-27(23)39-3/h4-12,15-16,26H,13-14,17-18H2,1-3H3. The van der Waals surface area contributed by atoms with E-state index in [0.29, 0.717) is 22.8 Å². The Hall–Kier alpha value is -4.31. The maximum absolute atomic E-state index is 14.9. The summed E-state index contributed by atoms with van der Waals surface area (Å²) in [6, 6.07) is 15.9. The molecule has 0 saturated carbocycles. The molecular weight excluding hydrogens is 508 g/mol. The summed E-state index contributed by atoms with van der Waals surface area (Å²) in [5.74, 6) is -1.06. The van der Waals surface area contributed by atoms with Gasteiger partial charge in [0, 0.05) is 42.8 Å². The van der Waals surface area contributed by atoms with Crippen molar-refractivity contribution in [2.45, 2.75) is 12.5 Å². The van der Waals surface area contributed by atoms with Crippen molar-refractivity contribution < 1.29 is 32.6 Å². The van der Waals surface area contributed by atoms with Crippen LogP contribution in [0.5, 0.6) is 11.5 Å². The smallest absolute Gasteiger partial charge is 0.262 e. The van der Waals surface area contributed by atoms with E-state index >= 15 is 0 Å². The Balaban J connectivity index is 1.69. The van der Waals surface area contributed by atoms with Gasteiger partial charge in [-0.2, -0.15) is 5.10 Å². The molecule has 0 aliphatic carbocycles. The summed E-state index contributed by atoms with van der Waals surface area (Å²) in [7, 11) is 4.52. The summed E-state index contributed by atoms with van der Waals surface area (Å²) in [4.78, 5) is 28.1. The number of methoxy groups -OCH3 is 3. The predicted octanol–water partition coefficient (Wildman–Crippen LogP) is 4.45. The fraction of sp³-hybridized carbons (Fsp3) is 0.276.